The number of carbonyl (C=O) groups is 1. The fourth-order valence-electron chi connectivity index (χ4n) is 1.75. The summed E-state index contributed by atoms with van der Waals surface area (Å²) >= 11 is 0. The molecule has 5 nitrogen and oxygen atoms in total. The minimum atomic E-state index is -0.453. The van der Waals surface area contributed by atoms with Crippen molar-refractivity contribution in [2.75, 3.05) is 13.2 Å². The lowest BCUT2D eigenvalue weighted by atomic mass is 10.1. The van der Waals surface area contributed by atoms with Gasteiger partial charge in [-0.15, -0.1) is 0 Å². The zero-order valence-corrected chi connectivity index (χ0v) is 13.6. The zero-order chi connectivity index (χ0) is 16.8. The highest BCUT2D eigenvalue weighted by molar-refractivity contribution is 5.67. The molecule has 0 saturated carbocycles. The SMILES string of the molecule is C[C@@H](N)c1cc(F)ccc1OCCCOC(=O)NC(C)(C)C. The van der Waals surface area contributed by atoms with E-state index in [2.05, 4.69) is 5.32 Å². The van der Waals surface area contributed by atoms with Crippen LogP contribution in [0.15, 0.2) is 18.2 Å². The fourth-order valence-corrected chi connectivity index (χ4v) is 1.75. The Bertz CT molecular complexity index is 499. The summed E-state index contributed by atoms with van der Waals surface area (Å²) in [6.07, 6.45) is 0.0819. The molecule has 0 spiro atoms. The Morgan fingerprint density at radius 3 is 2.64 bits per heavy atom. The Kier molecular flexibility index (Phi) is 6.61. The number of carbonyl (C=O) groups excluding carboxylic acids is 1. The van der Waals surface area contributed by atoms with Crippen molar-refractivity contribution >= 4 is 6.09 Å². The highest BCUT2D eigenvalue weighted by Gasteiger charge is 2.14. The highest BCUT2D eigenvalue weighted by Crippen LogP contribution is 2.24. The molecule has 0 aliphatic rings. The molecule has 1 atom stereocenters. The second-order valence-electron chi connectivity index (χ2n) is 6.18. The Balaban J connectivity index is 2.35. The van der Waals surface area contributed by atoms with Gasteiger partial charge in [0.05, 0.1) is 13.2 Å². The van der Waals surface area contributed by atoms with Crippen LogP contribution in [0.1, 0.15) is 45.7 Å². The van der Waals surface area contributed by atoms with Crippen molar-refractivity contribution in [1.29, 1.82) is 0 Å². The molecule has 3 N–H and O–H groups in total. The van der Waals surface area contributed by atoms with Crippen molar-refractivity contribution in [3.05, 3.63) is 29.6 Å². The number of alkyl carbamates (subject to hydrolysis) is 1. The van der Waals surface area contributed by atoms with Crippen molar-refractivity contribution in [1.82, 2.24) is 5.32 Å². The quantitative estimate of drug-likeness (QED) is 0.791. The zero-order valence-electron chi connectivity index (χ0n) is 13.6. The first kappa shape index (κ1) is 18.2. The summed E-state index contributed by atoms with van der Waals surface area (Å²) in [5.74, 6) is 0.206. The van der Waals surface area contributed by atoms with Crippen molar-refractivity contribution in [3.8, 4) is 5.75 Å². The van der Waals surface area contributed by atoms with Crippen molar-refractivity contribution in [2.45, 2.75) is 45.7 Å². The predicted octanol–water partition coefficient (Wildman–Crippen LogP) is 3.14. The number of nitrogens with two attached hydrogens (primary N) is 1. The lowest BCUT2D eigenvalue weighted by Crippen LogP contribution is -2.41. The molecule has 1 aromatic rings. The van der Waals surface area contributed by atoms with E-state index in [4.69, 9.17) is 15.2 Å². The van der Waals surface area contributed by atoms with Gasteiger partial charge < -0.3 is 20.5 Å². The van der Waals surface area contributed by atoms with Crippen LogP contribution in [0, 0.1) is 5.82 Å². The minimum Gasteiger partial charge on any atom is -0.493 e. The maximum Gasteiger partial charge on any atom is 0.407 e. The molecule has 1 rings (SSSR count). The van der Waals surface area contributed by atoms with Crippen molar-refractivity contribution in [2.24, 2.45) is 5.73 Å². The van der Waals surface area contributed by atoms with E-state index in [0.717, 1.165) is 0 Å². The molecule has 0 heterocycles. The van der Waals surface area contributed by atoms with Gasteiger partial charge in [-0.05, 0) is 45.9 Å². The summed E-state index contributed by atoms with van der Waals surface area (Å²) in [5.41, 5.74) is 6.08. The summed E-state index contributed by atoms with van der Waals surface area (Å²) in [6, 6.07) is 3.93. The molecule has 1 aromatic carbocycles. The van der Waals surface area contributed by atoms with Gasteiger partial charge in [-0.25, -0.2) is 9.18 Å². The first-order chi connectivity index (χ1) is 10.2. The molecule has 0 unspecified atom stereocenters. The van der Waals surface area contributed by atoms with Crippen LogP contribution < -0.4 is 15.8 Å². The van der Waals surface area contributed by atoms with E-state index in [1.807, 2.05) is 20.8 Å². The normalized spacial score (nSPS) is 12.6. The summed E-state index contributed by atoms with van der Waals surface area (Å²) in [7, 11) is 0. The summed E-state index contributed by atoms with van der Waals surface area (Å²) in [6.45, 7) is 8.00. The summed E-state index contributed by atoms with van der Waals surface area (Å²) in [5, 5.41) is 2.70. The fraction of sp³-hybridized carbons (Fsp3) is 0.562. The maximum absolute atomic E-state index is 13.2. The number of rotatable bonds is 6. The molecule has 0 bridgehead atoms. The average molecular weight is 312 g/mol. The van der Waals surface area contributed by atoms with E-state index < -0.39 is 6.09 Å². The first-order valence-electron chi connectivity index (χ1n) is 7.32. The molecule has 0 saturated heterocycles. The third-order valence-corrected chi connectivity index (χ3v) is 2.72. The Morgan fingerprint density at radius 2 is 2.05 bits per heavy atom. The third kappa shape index (κ3) is 6.76. The van der Waals surface area contributed by atoms with E-state index in [0.29, 0.717) is 24.3 Å². The van der Waals surface area contributed by atoms with Gasteiger partial charge in [0.2, 0.25) is 0 Å². The van der Waals surface area contributed by atoms with Gasteiger partial charge in [0.25, 0.3) is 0 Å². The molecule has 124 valence electrons. The lowest BCUT2D eigenvalue weighted by Gasteiger charge is -2.20. The largest absolute Gasteiger partial charge is 0.493 e. The van der Waals surface area contributed by atoms with Crippen LogP contribution >= 0.6 is 0 Å². The maximum atomic E-state index is 13.2. The predicted molar refractivity (Wildman–Crippen MR) is 83.4 cm³/mol. The van der Waals surface area contributed by atoms with Crippen molar-refractivity contribution < 1.29 is 18.7 Å². The number of halogens is 1. The molecule has 0 fully saturated rings. The average Bonchev–Trinajstić information content (AvgIpc) is 2.37. The summed E-state index contributed by atoms with van der Waals surface area (Å²) < 4.78 is 23.8. The molecule has 22 heavy (non-hydrogen) atoms. The standard InChI is InChI=1S/C16H25FN2O3/c1-11(18)13-10-12(17)6-7-14(13)21-8-5-9-22-15(20)19-16(2,3)4/h6-7,10-11H,5,8-9,18H2,1-4H3,(H,19,20)/t11-/m1/s1. The number of ether oxygens (including phenoxy) is 2. The van der Waals surface area contributed by atoms with Crippen LogP contribution in [0.5, 0.6) is 5.75 Å². The van der Waals surface area contributed by atoms with Crippen LogP contribution in [0.3, 0.4) is 0 Å². The first-order valence-corrected chi connectivity index (χ1v) is 7.32. The summed E-state index contributed by atoms with van der Waals surface area (Å²) in [4.78, 5) is 11.4. The van der Waals surface area contributed by atoms with E-state index in [-0.39, 0.29) is 24.0 Å². The van der Waals surface area contributed by atoms with E-state index >= 15 is 0 Å². The van der Waals surface area contributed by atoms with Gasteiger partial charge >= 0.3 is 6.09 Å². The number of hydrogen-bond acceptors (Lipinski definition) is 4. The van der Waals surface area contributed by atoms with Gasteiger partial charge in [-0.3, -0.25) is 0 Å². The molecular weight excluding hydrogens is 287 g/mol. The monoisotopic (exact) mass is 312 g/mol. The molecular formula is C16H25FN2O3. The van der Waals surface area contributed by atoms with E-state index in [9.17, 15) is 9.18 Å². The second kappa shape index (κ2) is 7.98. The number of nitrogens with one attached hydrogen (secondary N) is 1. The minimum absolute atomic E-state index is 0.247. The van der Waals surface area contributed by atoms with Crippen LogP contribution in [-0.2, 0) is 4.74 Å². The molecule has 0 radical (unpaired) electrons. The molecule has 0 aliphatic heterocycles. The van der Waals surface area contributed by atoms with Crippen molar-refractivity contribution in [3.63, 3.8) is 0 Å². The Labute approximate surface area is 131 Å². The topological polar surface area (TPSA) is 73.6 Å². The van der Waals surface area contributed by atoms with Gasteiger partial charge in [0, 0.05) is 23.6 Å². The van der Waals surface area contributed by atoms with Gasteiger partial charge in [-0.2, -0.15) is 0 Å². The second-order valence-corrected chi connectivity index (χ2v) is 6.18. The Morgan fingerprint density at radius 1 is 1.36 bits per heavy atom. The number of benzene rings is 1. The smallest absolute Gasteiger partial charge is 0.407 e. The molecule has 0 aliphatic carbocycles. The lowest BCUT2D eigenvalue weighted by molar-refractivity contribution is 0.130. The van der Waals surface area contributed by atoms with E-state index in [1.165, 1.54) is 12.1 Å². The Hall–Kier alpha value is -1.82. The van der Waals surface area contributed by atoms with Gasteiger partial charge in [0.1, 0.15) is 11.6 Å². The van der Waals surface area contributed by atoms with E-state index in [1.54, 1.807) is 13.0 Å². The van der Waals surface area contributed by atoms with Crippen LogP contribution in [0.4, 0.5) is 9.18 Å². The number of hydrogen-bond donors (Lipinski definition) is 2. The number of amides is 1. The van der Waals surface area contributed by atoms with Crippen LogP contribution in [-0.4, -0.2) is 24.8 Å². The molecule has 6 heteroatoms. The van der Waals surface area contributed by atoms with Crippen LogP contribution in [0.2, 0.25) is 0 Å². The van der Waals surface area contributed by atoms with Crippen LogP contribution in [0.25, 0.3) is 0 Å². The molecule has 0 aromatic heterocycles. The van der Waals surface area contributed by atoms with Gasteiger partial charge in [-0.1, -0.05) is 0 Å². The highest BCUT2D eigenvalue weighted by atomic mass is 19.1. The molecule has 1 amide bonds. The van der Waals surface area contributed by atoms with Gasteiger partial charge in [0.15, 0.2) is 0 Å². The third-order valence-electron chi connectivity index (χ3n) is 2.72.